The predicted octanol–water partition coefficient (Wildman–Crippen LogP) is 5.28. The van der Waals surface area contributed by atoms with E-state index < -0.39 is 28.8 Å². The van der Waals surface area contributed by atoms with Crippen LogP contribution in [-0.2, 0) is 9.47 Å². The zero-order valence-corrected chi connectivity index (χ0v) is 17.3. The first-order valence-corrected chi connectivity index (χ1v) is 9.40. The van der Waals surface area contributed by atoms with Gasteiger partial charge in [-0.15, -0.1) is 0 Å². The topological polar surface area (TPSA) is 87.9 Å². The third-order valence-corrected chi connectivity index (χ3v) is 3.88. The van der Waals surface area contributed by atoms with Gasteiger partial charge in [0.2, 0.25) is 12.1 Å². The number of hydrogen-bond donors (Lipinski definition) is 0. The highest BCUT2D eigenvalue weighted by atomic mass is 19.2. The first-order valence-electron chi connectivity index (χ1n) is 9.40. The number of ether oxygens (including phenoxy) is 3. The van der Waals surface area contributed by atoms with Gasteiger partial charge < -0.3 is 14.2 Å². The SMILES string of the molecule is CC.COc1cccc(F)c1F.C[C@@H]1CCC(OC(=O)c2ccc([N+](=O)[O-])cc2)O1. The molecule has 1 aliphatic heterocycles. The van der Waals surface area contributed by atoms with E-state index in [-0.39, 0.29) is 23.1 Å². The molecule has 0 spiro atoms. The van der Waals surface area contributed by atoms with Crippen LogP contribution >= 0.6 is 0 Å². The number of rotatable bonds is 4. The van der Waals surface area contributed by atoms with Crippen LogP contribution in [0.3, 0.4) is 0 Å². The highest BCUT2D eigenvalue weighted by molar-refractivity contribution is 5.89. The summed E-state index contributed by atoms with van der Waals surface area (Å²) in [6.45, 7) is 5.92. The standard InChI is InChI=1S/C12H13NO5.C7H6F2O.C2H6/c1-8-2-7-11(17-8)18-12(14)9-3-5-10(6-4-9)13(15)16;1-10-6-4-2-3-5(8)7(6)9;1-2/h3-6,8,11H,2,7H2,1H3;2-4H,1H3;1-2H3/t8-,11?;;/m1../s1. The second kappa shape index (κ2) is 12.5. The zero-order chi connectivity index (χ0) is 22.7. The smallest absolute Gasteiger partial charge is 0.340 e. The summed E-state index contributed by atoms with van der Waals surface area (Å²) in [5, 5.41) is 10.5. The molecule has 1 fully saturated rings. The Kier molecular flexibility index (Phi) is 10.4. The van der Waals surface area contributed by atoms with Gasteiger partial charge in [-0.3, -0.25) is 10.1 Å². The van der Waals surface area contributed by atoms with Crippen molar-refractivity contribution < 1.29 is 32.7 Å². The van der Waals surface area contributed by atoms with E-state index in [2.05, 4.69) is 4.74 Å². The van der Waals surface area contributed by atoms with Crippen LogP contribution in [-0.4, -0.2) is 30.4 Å². The largest absolute Gasteiger partial charge is 0.494 e. The maximum absolute atomic E-state index is 12.5. The number of hydrogen-bond acceptors (Lipinski definition) is 6. The average molecular weight is 425 g/mol. The van der Waals surface area contributed by atoms with E-state index in [1.54, 1.807) is 0 Å². The van der Waals surface area contributed by atoms with Crippen molar-refractivity contribution in [1.82, 2.24) is 0 Å². The number of non-ortho nitro benzene ring substituents is 1. The van der Waals surface area contributed by atoms with Crippen molar-refractivity contribution in [2.45, 2.75) is 46.0 Å². The van der Waals surface area contributed by atoms with Crippen LogP contribution in [0, 0.1) is 21.7 Å². The first-order chi connectivity index (χ1) is 14.3. The van der Waals surface area contributed by atoms with Gasteiger partial charge in [-0.05, 0) is 37.6 Å². The molecule has 2 aromatic rings. The molecule has 1 saturated heterocycles. The van der Waals surface area contributed by atoms with Crippen LogP contribution in [0.25, 0.3) is 0 Å². The summed E-state index contributed by atoms with van der Waals surface area (Å²) < 4.78 is 39.8. The van der Waals surface area contributed by atoms with E-state index >= 15 is 0 Å². The minimum Gasteiger partial charge on any atom is -0.494 e. The molecule has 1 heterocycles. The summed E-state index contributed by atoms with van der Waals surface area (Å²) in [7, 11) is 1.29. The Morgan fingerprint density at radius 3 is 2.23 bits per heavy atom. The molecule has 1 unspecified atom stereocenters. The van der Waals surface area contributed by atoms with Gasteiger partial charge in [0, 0.05) is 18.6 Å². The van der Waals surface area contributed by atoms with Crippen LogP contribution < -0.4 is 4.74 Å². The number of benzene rings is 2. The number of carbonyl (C=O) groups excluding carboxylic acids is 1. The third-order valence-electron chi connectivity index (χ3n) is 3.88. The number of carbonyl (C=O) groups is 1. The van der Waals surface area contributed by atoms with Crippen molar-refractivity contribution in [2.75, 3.05) is 7.11 Å². The fourth-order valence-corrected chi connectivity index (χ4v) is 2.40. The van der Waals surface area contributed by atoms with Crippen LogP contribution in [0.15, 0.2) is 42.5 Å². The molecule has 0 aliphatic carbocycles. The van der Waals surface area contributed by atoms with E-state index in [0.717, 1.165) is 12.5 Å². The minimum atomic E-state index is -0.940. The Balaban J connectivity index is 0.000000318. The van der Waals surface area contributed by atoms with Gasteiger partial charge in [0.05, 0.1) is 23.7 Å². The third kappa shape index (κ3) is 7.40. The fraction of sp³-hybridized carbons (Fsp3) is 0.381. The van der Waals surface area contributed by atoms with Gasteiger partial charge in [0.15, 0.2) is 11.6 Å². The molecule has 0 aromatic heterocycles. The molecule has 1 aliphatic rings. The van der Waals surface area contributed by atoms with Crippen molar-refractivity contribution in [3.63, 3.8) is 0 Å². The zero-order valence-electron chi connectivity index (χ0n) is 17.3. The van der Waals surface area contributed by atoms with E-state index in [1.807, 2.05) is 20.8 Å². The normalized spacial score (nSPS) is 17.0. The summed E-state index contributed by atoms with van der Waals surface area (Å²) in [4.78, 5) is 21.7. The molecule has 0 radical (unpaired) electrons. The Morgan fingerprint density at radius 1 is 1.13 bits per heavy atom. The Bertz CT molecular complexity index is 829. The molecule has 3 rings (SSSR count). The van der Waals surface area contributed by atoms with E-state index in [4.69, 9.17) is 9.47 Å². The second-order valence-corrected chi connectivity index (χ2v) is 5.92. The fourth-order valence-electron chi connectivity index (χ4n) is 2.40. The highest BCUT2D eigenvalue weighted by Crippen LogP contribution is 2.21. The monoisotopic (exact) mass is 425 g/mol. The maximum atomic E-state index is 12.5. The van der Waals surface area contributed by atoms with Gasteiger partial charge in [0.1, 0.15) is 0 Å². The molecule has 0 amide bonds. The molecule has 30 heavy (non-hydrogen) atoms. The van der Waals surface area contributed by atoms with Crippen molar-refractivity contribution in [2.24, 2.45) is 0 Å². The molecule has 7 nitrogen and oxygen atoms in total. The van der Waals surface area contributed by atoms with Gasteiger partial charge >= 0.3 is 5.97 Å². The lowest BCUT2D eigenvalue weighted by atomic mass is 10.2. The number of esters is 1. The Morgan fingerprint density at radius 2 is 1.77 bits per heavy atom. The number of nitro groups is 1. The number of methoxy groups -OCH3 is 1. The lowest BCUT2D eigenvalue weighted by Gasteiger charge is -2.12. The quantitative estimate of drug-likeness (QED) is 0.376. The van der Waals surface area contributed by atoms with Crippen LogP contribution in [0.5, 0.6) is 5.75 Å². The second-order valence-electron chi connectivity index (χ2n) is 5.92. The van der Waals surface area contributed by atoms with Crippen molar-refractivity contribution in [3.8, 4) is 5.75 Å². The van der Waals surface area contributed by atoms with E-state index in [0.29, 0.717) is 6.42 Å². The molecule has 2 atom stereocenters. The average Bonchev–Trinajstić information content (AvgIpc) is 3.16. The van der Waals surface area contributed by atoms with Crippen molar-refractivity contribution in [3.05, 3.63) is 69.8 Å². The summed E-state index contributed by atoms with van der Waals surface area (Å²) >= 11 is 0. The summed E-state index contributed by atoms with van der Waals surface area (Å²) in [6.07, 6.45) is 1.13. The van der Waals surface area contributed by atoms with E-state index in [1.165, 1.54) is 43.5 Å². The molecule has 0 N–H and O–H groups in total. The summed E-state index contributed by atoms with van der Waals surface area (Å²) in [6, 6.07) is 9.08. The molecule has 9 heteroatoms. The lowest BCUT2D eigenvalue weighted by molar-refractivity contribution is -0.384. The van der Waals surface area contributed by atoms with Gasteiger partial charge in [-0.2, -0.15) is 4.39 Å². The minimum absolute atomic E-state index is 0.0581. The van der Waals surface area contributed by atoms with Crippen LogP contribution in [0.4, 0.5) is 14.5 Å². The van der Waals surface area contributed by atoms with Crippen LogP contribution in [0.1, 0.15) is 44.0 Å². The number of halogens is 2. The molecular formula is C21H25F2NO6. The first kappa shape index (κ1) is 25.0. The van der Waals surface area contributed by atoms with E-state index in [9.17, 15) is 23.7 Å². The lowest BCUT2D eigenvalue weighted by Crippen LogP contribution is -2.18. The number of nitro benzene ring substituents is 1. The van der Waals surface area contributed by atoms with Gasteiger partial charge in [-0.1, -0.05) is 19.9 Å². The molecule has 2 aromatic carbocycles. The Labute approximate surface area is 173 Å². The molecule has 0 saturated carbocycles. The summed E-state index contributed by atoms with van der Waals surface area (Å²) in [5.41, 5.74) is 0.223. The van der Waals surface area contributed by atoms with Crippen molar-refractivity contribution in [1.29, 1.82) is 0 Å². The Hall–Kier alpha value is -3.07. The van der Waals surface area contributed by atoms with Crippen LogP contribution in [0.2, 0.25) is 0 Å². The van der Waals surface area contributed by atoms with Gasteiger partial charge in [0.25, 0.3) is 5.69 Å². The number of nitrogens with zero attached hydrogens (tertiary/aromatic N) is 1. The molecule has 164 valence electrons. The highest BCUT2D eigenvalue weighted by Gasteiger charge is 2.25. The van der Waals surface area contributed by atoms with Crippen molar-refractivity contribution >= 4 is 11.7 Å². The predicted molar refractivity (Wildman–Crippen MR) is 106 cm³/mol. The molecule has 0 bridgehead atoms. The maximum Gasteiger partial charge on any atom is 0.340 e. The van der Waals surface area contributed by atoms with Gasteiger partial charge in [-0.25, -0.2) is 9.18 Å². The summed E-state index contributed by atoms with van der Waals surface area (Å²) in [5.74, 6) is -2.42. The molecular weight excluding hydrogens is 400 g/mol.